The van der Waals surface area contributed by atoms with Crippen molar-refractivity contribution in [1.29, 1.82) is 0 Å². The Labute approximate surface area is 186 Å². The Morgan fingerprint density at radius 3 is 2.16 bits per heavy atom. The lowest BCUT2D eigenvalue weighted by Crippen LogP contribution is -2.57. The van der Waals surface area contributed by atoms with Crippen molar-refractivity contribution < 1.29 is 33.3 Å². The minimum Gasteiger partial charge on any atom is -0.451 e. The predicted molar refractivity (Wildman–Crippen MR) is 117 cm³/mol. The van der Waals surface area contributed by atoms with E-state index in [1.807, 2.05) is 0 Å². The fourth-order valence-electron chi connectivity index (χ4n) is 3.84. The zero-order valence-corrected chi connectivity index (χ0v) is 18.6. The monoisotopic (exact) mass is 440 g/mol. The molecule has 168 valence electrons. The third kappa shape index (κ3) is 4.91. The molecule has 8 heteroatoms. The first-order valence-corrected chi connectivity index (χ1v) is 10.5. The van der Waals surface area contributed by atoms with Crippen LogP contribution in [0.5, 0.6) is 0 Å². The number of hydrogen-bond donors (Lipinski definition) is 1. The third-order valence-corrected chi connectivity index (χ3v) is 5.58. The van der Waals surface area contributed by atoms with Gasteiger partial charge in [-0.3, -0.25) is 14.4 Å². The molecule has 32 heavy (non-hydrogen) atoms. The Bertz CT molecular complexity index is 1010. The molecular formula is C24H26BFO6. The highest BCUT2D eigenvalue weighted by Gasteiger charge is 2.59. The first-order chi connectivity index (χ1) is 14.9. The topological polar surface area (TPSA) is 89.9 Å². The molecule has 0 spiro atoms. The van der Waals surface area contributed by atoms with E-state index < -0.39 is 41.8 Å². The summed E-state index contributed by atoms with van der Waals surface area (Å²) in [7, 11) is 0. The summed E-state index contributed by atoms with van der Waals surface area (Å²) in [6.07, 6.45) is 0.261. The molecule has 1 N–H and O–H groups in total. The maximum Gasteiger partial charge on any atom is 0.334 e. The number of cyclic esters (lactones) is 2. The van der Waals surface area contributed by atoms with Crippen LogP contribution in [0.3, 0.4) is 0 Å². The van der Waals surface area contributed by atoms with Gasteiger partial charge in [-0.2, -0.15) is 0 Å². The SMILES string of the molecule is CB(O)C[C@H](Cc1ccc(-c2cccc(F)c2)cc1)C(=O)C1(C)C(=O)OC(C)(C)OC1=O. The second-order valence-electron chi connectivity index (χ2n) is 8.86. The average molecular weight is 440 g/mol. The maximum atomic E-state index is 13.5. The van der Waals surface area contributed by atoms with E-state index in [1.165, 1.54) is 39.7 Å². The number of carbonyl (C=O) groups excluding carboxylic acids is 3. The van der Waals surface area contributed by atoms with Crippen LogP contribution in [-0.2, 0) is 30.3 Å². The van der Waals surface area contributed by atoms with Crippen LogP contribution in [0.1, 0.15) is 26.3 Å². The molecule has 0 bridgehead atoms. The molecule has 1 atom stereocenters. The van der Waals surface area contributed by atoms with E-state index in [1.54, 1.807) is 36.4 Å². The average Bonchev–Trinajstić information content (AvgIpc) is 2.70. The van der Waals surface area contributed by atoms with E-state index in [0.717, 1.165) is 16.7 Å². The molecule has 1 saturated heterocycles. The molecule has 2 aromatic rings. The number of esters is 2. The van der Waals surface area contributed by atoms with Crippen molar-refractivity contribution in [3.05, 3.63) is 59.9 Å². The summed E-state index contributed by atoms with van der Waals surface area (Å²) < 4.78 is 23.8. The van der Waals surface area contributed by atoms with Crippen molar-refractivity contribution in [2.24, 2.45) is 11.3 Å². The zero-order chi connectivity index (χ0) is 23.7. The molecule has 6 nitrogen and oxygen atoms in total. The normalized spacial score (nSPS) is 17.8. The largest absolute Gasteiger partial charge is 0.451 e. The highest BCUT2D eigenvalue weighted by Crippen LogP contribution is 2.37. The van der Waals surface area contributed by atoms with Crippen molar-refractivity contribution in [1.82, 2.24) is 0 Å². The van der Waals surface area contributed by atoms with Gasteiger partial charge in [-0.1, -0.05) is 43.2 Å². The Kier molecular flexibility index (Phi) is 6.55. The lowest BCUT2D eigenvalue weighted by molar-refractivity contribution is -0.247. The summed E-state index contributed by atoms with van der Waals surface area (Å²) in [6, 6.07) is 13.4. The van der Waals surface area contributed by atoms with Crippen LogP contribution < -0.4 is 0 Å². The highest BCUT2D eigenvalue weighted by atomic mass is 19.1. The van der Waals surface area contributed by atoms with Crippen molar-refractivity contribution in [3.8, 4) is 11.1 Å². The Morgan fingerprint density at radius 2 is 1.62 bits per heavy atom. The summed E-state index contributed by atoms with van der Waals surface area (Å²) in [6.45, 7) is 4.75. The molecule has 1 heterocycles. The second kappa shape index (κ2) is 8.86. The Hall–Kier alpha value is -3.00. The predicted octanol–water partition coefficient (Wildman–Crippen LogP) is 3.68. The van der Waals surface area contributed by atoms with Gasteiger partial charge in [0.05, 0.1) is 0 Å². The molecule has 0 amide bonds. The van der Waals surface area contributed by atoms with Crippen LogP contribution in [0, 0.1) is 17.2 Å². The molecule has 0 unspecified atom stereocenters. The number of Topliss-reactive ketones (excluding diaryl/α,β-unsaturated/α-hetero) is 1. The number of rotatable bonds is 7. The molecule has 1 fully saturated rings. The first-order valence-electron chi connectivity index (χ1n) is 10.5. The fourth-order valence-corrected chi connectivity index (χ4v) is 3.84. The smallest absolute Gasteiger partial charge is 0.334 e. The van der Waals surface area contributed by atoms with E-state index in [4.69, 9.17) is 9.47 Å². The lowest BCUT2D eigenvalue weighted by atomic mass is 9.60. The van der Waals surface area contributed by atoms with Gasteiger partial charge in [0.15, 0.2) is 5.78 Å². The summed E-state index contributed by atoms with van der Waals surface area (Å²) in [4.78, 5) is 38.6. The van der Waals surface area contributed by atoms with Gasteiger partial charge >= 0.3 is 11.9 Å². The van der Waals surface area contributed by atoms with Gasteiger partial charge < -0.3 is 14.5 Å². The summed E-state index contributed by atoms with van der Waals surface area (Å²) in [5.74, 6) is -5.17. The number of hydrogen-bond acceptors (Lipinski definition) is 6. The van der Waals surface area contributed by atoms with Gasteiger partial charge in [0.2, 0.25) is 5.41 Å². The summed E-state index contributed by atoms with van der Waals surface area (Å²) in [5, 5.41) is 9.95. The van der Waals surface area contributed by atoms with Gasteiger partial charge in [-0.05, 0) is 48.5 Å². The zero-order valence-electron chi connectivity index (χ0n) is 18.6. The number of halogens is 1. The van der Waals surface area contributed by atoms with Crippen LogP contribution in [0.4, 0.5) is 4.39 Å². The molecule has 3 rings (SSSR count). The van der Waals surface area contributed by atoms with Crippen molar-refractivity contribution in [2.45, 2.75) is 46.1 Å². The van der Waals surface area contributed by atoms with Gasteiger partial charge in [-0.25, -0.2) is 4.39 Å². The van der Waals surface area contributed by atoms with Gasteiger partial charge in [0, 0.05) is 19.8 Å². The van der Waals surface area contributed by atoms with E-state index >= 15 is 0 Å². The minimum atomic E-state index is -2.10. The number of ether oxygens (including phenoxy) is 2. The van der Waals surface area contributed by atoms with Crippen molar-refractivity contribution >= 4 is 24.6 Å². The van der Waals surface area contributed by atoms with Gasteiger partial charge in [0.1, 0.15) is 5.82 Å². The number of benzene rings is 2. The van der Waals surface area contributed by atoms with Crippen LogP contribution in [-0.4, -0.2) is 35.4 Å². The third-order valence-electron chi connectivity index (χ3n) is 5.58. The Balaban J connectivity index is 1.85. The first kappa shape index (κ1) is 23.7. The fraction of sp³-hybridized carbons (Fsp3) is 0.375. The molecule has 1 aliphatic heterocycles. The molecule has 0 aliphatic carbocycles. The quantitative estimate of drug-likeness (QED) is 0.402. The second-order valence-corrected chi connectivity index (χ2v) is 8.86. The maximum absolute atomic E-state index is 13.5. The highest BCUT2D eigenvalue weighted by molar-refractivity contribution is 6.49. The number of carbonyl (C=O) groups is 3. The van der Waals surface area contributed by atoms with Crippen LogP contribution in [0.25, 0.3) is 11.1 Å². The molecule has 0 radical (unpaired) electrons. The lowest BCUT2D eigenvalue weighted by Gasteiger charge is -2.38. The van der Waals surface area contributed by atoms with Crippen LogP contribution in [0.2, 0.25) is 13.1 Å². The molecule has 2 aromatic carbocycles. The molecular weight excluding hydrogens is 414 g/mol. The van der Waals surface area contributed by atoms with Gasteiger partial charge in [0.25, 0.3) is 12.7 Å². The van der Waals surface area contributed by atoms with Crippen molar-refractivity contribution in [2.75, 3.05) is 0 Å². The molecule has 0 aromatic heterocycles. The summed E-state index contributed by atoms with van der Waals surface area (Å²) >= 11 is 0. The van der Waals surface area contributed by atoms with Crippen molar-refractivity contribution in [3.63, 3.8) is 0 Å². The standard InChI is InChI=1S/C24H26BFO6/c1-23(2)31-21(28)24(3,22(29)32-23)20(27)18(14-25(4)30)12-15-8-10-16(11-9-15)17-6-5-7-19(26)13-17/h5-11,13,18,30H,12,14H2,1-4H3/t18-/m0/s1. The van der Waals surface area contributed by atoms with E-state index in [0.29, 0.717) is 0 Å². The number of ketones is 1. The van der Waals surface area contributed by atoms with Crippen LogP contribution in [0.15, 0.2) is 48.5 Å². The summed E-state index contributed by atoms with van der Waals surface area (Å²) in [5.41, 5.74) is 0.193. The Morgan fingerprint density at radius 1 is 1.03 bits per heavy atom. The minimum absolute atomic E-state index is 0.0595. The molecule has 0 saturated carbocycles. The van der Waals surface area contributed by atoms with Gasteiger partial charge in [-0.15, -0.1) is 0 Å². The van der Waals surface area contributed by atoms with E-state index in [2.05, 4.69) is 0 Å². The van der Waals surface area contributed by atoms with E-state index in [-0.39, 0.29) is 18.6 Å². The molecule has 1 aliphatic rings. The van der Waals surface area contributed by atoms with Crippen LogP contribution >= 0.6 is 0 Å². The van der Waals surface area contributed by atoms with E-state index in [9.17, 15) is 23.8 Å².